The molecule has 1 aliphatic carbocycles. The van der Waals surface area contributed by atoms with E-state index in [-0.39, 0.29) is 5.41 Å². The van der Waals surface area contributed by atoms with Gasteiger partial charge in [-0.2, -0.15) is 0 Å². The Kier molecular flexibility index (Phi) is 7.55. The number of fused-ring (bicyclic) bond motifs is 8. The summed E-state index contributed by atoms with van der Waals surface area (Å²) >= 11 is 0. The number of anilines is 3. The van der Waals surface area contributed by atoms with E-state index < -0.39 is 0 Å². The van der Waals surface area contributed by atoms with Crippen LogP contribution in [0.2, 0.25) is 0 Å². The number of hydrogen-bond acceptors (Lipinski definition) is 2. The van der Waals surface area contributed by atoms with Gasteiger partial charge in [0.05, 0.1) is 5.69 Å². The van der Waals surface area contributed by atoms with Crippen molar-refractivity contribution in [3.8, 4) is 44.5 Å². The lowest BCUT2D eigenvalue weighted by molar-refractivity contribution is 0.660. The molecule has 11 rings (SSSR count). The van der Waals surface area contributed by atoms with E-state index in [4.69, 9.17) is 4.42 Å². The quantitative estimate of drug-likeness (QED) is 0.169. The Morgan fingerprint density at radius 1 is 0.386 bits per heavy atom. The normalized spacial score (nSPS) is 12.9. The molecule has 0 atom stereocenters. The first-order valence-corrected chi connectivity index (χ1v) is 19.8. The van der Waals surface area contributed by atoms with Crippen LogP contribution in [0.15, 0.2) is 205 Å². The van der Waals surface area contributed by atoms with Gasteiger partial charge in [-0.3, -0.25) is 0 Å². The summed E-state index contributed by atoms with van der Waals surface area (Å²) in [5, 5.41) is 4.63. The Bertz CT molecular complexity index is 3120. The van der Waals surface area contributed by atoms with Crippen LogP contribution < -0.4 is 4.90 Å². The lowest BCUT2D eigenvalue weighted by Crippen LogP contribution is -2.17. The van der Waals surface area contributed by atoms with Crippen molar-refractivity contribution >= 4 is 49.8 Å². The molecule has 0 fully saturated rings. The molecule has 2 heteroatoms. The van der Waals surface area contributed by atoms with Gasteiger partial charge in [0.15, 0.2) is 0 Å². The van der Waals surface area contributed by atoms with Gasteiger partial charge in [0.1, 0.15) is 11.2 Å². The molecule has 9 aromatic carbocycles. The smallest absolute Gasteiger partial charge is 0.136 e. The molecule has 0 radical (unpaired) electrons. The fourth-order valence-corrected chi connectivity index (χ4v) is 9.16. The highest BCUT2D eigenvalue weighted by molar-refractivity contribution is 6.20. The van der Waals surface area contributed by atoms with Crippen LogP contribution in [0.5, 0.6) is 0 Å². The maximum Gasteiger partial charge on any atom is 0.136 e. The van der Waals surface area contributed by atoms with Crippen LogP contribution in [0.3, 0.4) is 0 Å². The molecule has 1 aromatic heterocycles. The van der Waals surface area contributed by atoms with Crippen molar-refractivity contribution in [3.05, 3.63) is 211 Å². The predicted octanol–water partition coefficient (Wildman–Crippen LogP) is 15.5. The van der Waals surface area contributed by atoms with Gasteiger partial charge in [0.2, 0.25) is 0 Å². The van der Waals surface area contributed by atoms with Crippen LogP contribution in [0, 0.1) is 0 Å². The summed E-state index contributed by atoms with van der Waals surface area (Å²) in [6.07, 6.45) is 0. The number of benzene rings is 9. The Labute approximate surface area is 332 Å². The average molecular weight is 730 g/mol. The van der Waals surface area contributed by atoms with E-state index in [1.54, 1.807) is 0 Å². The second-order valence-electron chi connectivity index (χ2n) is 15.7. The van der Waals surface area contributed by atoms with Gasteiger partial charge in [-0.25, -0.2) is 0 Å². The molecule has 0 amide bonds. The minimum Gasteiger partial charge on any atom is -0.456 e. The topological polar surface area (TPSA) is 16.4 Å². The number of nitrogens with zero attached hydrogens (tertiary/aromatic N) is 1. The Morgan fingerprint density at radius 2 is 0.965 bits per heavy atom. The fourth-order valence-electron chi connectivity index (χ4n) is 9.16. The molecule has 10 aromatic rings. The van der Waals surface area contributed by atoms with E-state index in [1.165, 1.54) is 55.3 Å². The van der Waals surface area contributed by atoms with E-state index >= 15 is 0 Å². The summed E-state index contributed by atoms with van der Waals surface area (Å²) < 4.78 is 6.73. The van der Waals surface area contributed by atoms with Gasteiger partial charge < -0.3 is 9.32 Å². The van der Waals surface area contributed by atoms with Crippen molar-refractivity contribution in [2.75, 3.05) is 4.90 Å². The van der Waals surface area contributed by atoms with Crippen LogP contribution >= 0.6 is 0 Å². The third-order valence-electron chi connectivity index (χ3n) is 12.1. The molecule has 2 nitrogen and oxygen atoms in total. The number of rotatable bonds is 6. The molecule has 0 saturated heterocycles. The zero-order valence-electron chi connectivity index (χ0n) is 31.9. The molecule has 0 spiro atoms. The Morgan fingerprint density at radius 3 is 1.70 bits per heavy atom. The van der Waals surface area contributed by atoms with Crippen LogP contribution in [0.4, 0.5) is 17.1 Å². The third-order valence-corrected chi connectivity index (χ3v) is 12.1. The van der Waals surface area contributed by atoms with Crippen LogP contribution in [-0.2, 0) is 5.41 Å². The van der Waals surface area contributed by atoms with Gasteiger partial charge in [-0.05, 0) is 103 Å². The highest BCUT2D eigenvalue weighted by Crippen LogP contribution is 2.52. The van der Waals surface area contributed by atoms with Crippen molar-refractivity contribution in [2.24, 2.45) is 0 Å². The van der Waals surface area contributed by atoms with Crippen molar-refractivity contribution in [1.82, 2.24) is 0 Å². The van der Waals surface area contributed by atoms with Crippen LogP contribution in [0.1, 0.15) is 25.0 Å². The molecule has 57 heavy (non-hydrogen) atoms. The van der Waals surface area contributed by atoms with Gasteiger partial charge in [-0.1, -0.05) is 172 Å². The number of furan rings is 1. The molecule has 0 saturated carbocycles. The molecular weight excluding hydrogens is 691 g/mol. The summed E-state index contributed by atoms with van der Waals surface area (Å²) in [7, 11) is 0. The van der Waals surface area contributed by atoms with Gasteiger partial charge in [-0.15, -0.1) is 0 Å². The average Bonchev–Trinajstić information content (AvgIpc) is 3.75. The second-order valence-corrected chi connectivity index (χ2v) is 15.7. The van der Waals surface area contributed by atoms with Crippen LogP contribution in [0.25, 0.3) is 77.2 Å². The first kappa shape index (κ1) is 33.2. The lowest BCUT2D eigenvalue weighted by Gasteiger charge is -2.30. The summed E-state index contributed by atoms with van der Waals surface area (Å²) in [4.78, 5) is 2.46. The molecule has 0 aliphatic heterocycles. The lowest BCUT2D eigenvalue weighted by atomic mass is 9.82. The van der Waals surface area contributed by atoms with Crippen molar-refractivity contribution in [2.45, 2.75) is 19.3 Å². The predicted molar refractivity (Wildman–Crippen MR) is 240 cm³/mol. The molecule has 0 bridgehead atoms. The van der Waals surface area contributed by atoms with E-state index in [0.29, 0.717) is 0 Å². The maximum atomic E-state index is 6.73. The minimum atomic E-state index is -0.148. The standard InChI is InChI=1S/C55H39NO/c1-55(2)49-20-12-11-19-45(49)46-31-30-43(33-50(46)55)56(42-28-25-39(26-29-42)37-15-7-4-8-16-37)51-34-48-53(57-52-32-27-40-17-9-10-18-44(40)54(48)52)35-47(51)41-23-21-38(22-24-41)36-13-5-3-6-14-36/h3-35H,1-2H3. The Balaban J connectivity index is 1.18. The molecule has 1 heterocycles. The molecule has 0 N–H and O–H groups in total. The van der Waals surface area contributed by atoms with E-state index in [9.17, 15) is 0 Å². The monoisotopic (exact) mass is 729 g/mol. The summed E-state index contributed by atoms with van der Waals surface area (Å²) in [6, 6.07) is 72.7. The van der Waals surface area contributed by atoms with Gasteiger partial charge >= 0.3 is 0 Å². The summed E-state index contributed by atoms with van der Waals surface area (Å²) in [5.74, 6) is 0. The van der Waals surface area contributed by atoms with E-state index in [0.717, 1.165) is 50.1 Å². The molecule has 270 valence electrons. The van der Waals surface area contributed by atoms with Crippen molar-refractivity contribution in [3.63, 3.8) is 0 Å². The van der Waals surface area contributed by atoms with E-state index in [1.807, 2.05) is 0 Å². The van der Waals surface area contributed by atoms with Crippen molar-refractivity contribution < 1.29 is 4.42 Å². The number of hydrogen-bond donors (Lipinski definition) is 0. The Hall–Kier alpha value is -7.16. The van der Waals surface area contributed by atoms with Gasteiger partial charge in [0.25, 0.3) is 0 Å². The van der Waals surface area contributed by atoms with Crippen LogP contribution in [-0.4, -0.2) is 0 Å². The molecule has 1 aliphatic rings. The highest BCUT2D eigenvalue weighted by Gasteiger charge is 2.36. The van der Waals surface area contributed by atoms with E-state index in [2.05, 4.69) is 219 Å². The SMILES string of the molecule is CC1(C)c2ccccc2-c2ccc(N(c3ccc(-c4ccccc4)cc3)c3cc4c(cc3-c3ccc(-c5ccccc5)cc3)oc3ccc5ccccc5c34)cc21. The maximum absolute atomic E-state index is 6.73. The first-order valence-electron chi connectivity index (χ1n) is 19.8. The fraction of sp³-hybridized carbons (Fsp3) is 0.0545. The minimum absolute atomic E-state index is 0.148. The third kappa shape index (κ3) is 5.40. The van der Waals surface area contributed by atoms with Gasteiger partial charge in [0, 0.05) is 33.1 Å². The highest BCUT2D eigenvalue weighted by atomic mass is 16.3. The first-order chi connectivity index (χ1) is 28.0. The molecular formula is C55H39NO. The largest absolute Gasteiger partial charge is 0.456 e. The zero-order chi connectivity index (χ0) is 38.1. The summed E-state index contributed by atoms with van der Waals surface area (Å²) in [5.41, 5.74) is 17.2. The van der Waals surface area contributed by atoms with Crippen molar-refractivity contribution in [1.29, 1.82) is 0 Å². The summed E-state index contributed by atoms with van der Waals surface area (Å²) in [6.45, 7) is 4.71. The second kappa shape index (κ2) is 13.0. The molecule has 0 unspecified atom stereocenters. The zero-order valence-corrected chi connectivity index (χ0v) is 31.9.